The summed E-state index contributed by atoms with van der Waals surface area (Å²) in [5.74, 6) is -0.800. The Balaban J connectivity index is 1.43. The molecular formula is C22H26ClN3O6S2. The number of likely N-dealkylation sites (tertiary alicyclic amines) is 2. The summed E-state index contributed by atoms with van der Waals surface area (Å²) in [6.07, 6.45) is 2.39. The maximum atomic E-state index is 13.0. The maximum Gasteiger partial charge on any atom is 0.242 e. The van der Waals surface area contributed by atoms with E-state index in [4.69, 9.17) is 11.6 Å². The lowest BCUT2D eigenvalue weighted by Crippen LogP contribution is -2.54. The van der Waals surface area contributed by atoms with Gasteiger partial charge in [0, 0.05) is 30.9 Å². The Morgan fingerprint density at radius 3 is 2.47 bits per heavy atom. The Hall–Kier alpha value is -2.21. The van der Waals surface area contributed by atoms with Crippen molar-refractivity contribution >= 4 is 54.0 Å². The van der Waals surface area contributed by atoms with Crippen molar-refractivity contribution in [3.05, 3.63) is 41.4 Å². The van der Waals surface area contributed by atoms with Crippen LogP contribution in [0.15, 0.2) is 41.3 Å². The van der Waals surface area contributed by atoms with Crippen molar-refractivity contribution in [2.75, 3.05) is 32.4 Å². The number of amides is 2. The first-order chi connectivity index (χ1) is 15.9. The summed E-state index contributed by atoms with van der Waals surface area (Å²) in [4.78, 5) is 28.5. The SMILES string of the molecule is CS(=O)(=O)C1CCN(C(=O)CN2CCCC(NS(=O)(=O)c3ccc4cc(Cl)ccc4c3)C2=O)C1. The van der Waals surface area contributed by atoms with E-state index < -0.39 is 37.1 Å². The van der Waals surface area contributed by atoms with E-state index in [1.807, 2.05) is 0 Å². The van der Waals surface area contributed by atoms with Gasteiger partial charge in [0.1, 0.15) is 6.04 Å². The van der Waals surface area contributed by atoms with Crippen LogP contribution in [0.2, 0.25) is 5.02 Å². The molecule has 4 rings (SSSR count). The average molecular weight is 528 g/mol. The Morgan fingerprint density at radius 1 is 1.06 bits per heavy atom. The van der Waals surface area contributed by atoms with Crippen molar-refractivity contribution in [3.63, 3.8) is 0 Å². The molecule has 0 aliphatic carbocycles. The highest BCUT2D eigenvalue weighted by Crippen LogP contribution is 2.24. The lowest BCUT2D eigenvalue weighted by molar-refractivity contribution is -0.142. The molecule has 184 valence electrons. The Bertz CT molecular complexity index is 1350. The zero-order chi connectivity index (χ0) is 24.7. The molecule has 9 nitrogen and oxygen atoms in total. The van der Waals surface area contributed by atoms with E-state index in [0.717, 1.165) is 11.6 Å². The van der Waals surface area contributed by atoms with E-state index in [9.17, 15) is 26.4 Å². The van der Waals surface area contributed by atoms with E-state index in [1.165, 1.54) is 21.9 Å². The topological polar surface area (TPSA) is 121 Å². The minimum atomic E-state index is -3.98. The second-order valence-corrected chi connectivity index (χ2v) is 13.3. The summed E-state index contributed by atoms with van der Waals surface area (Å²) in [6.45, 7) is 0.567. The molecule has 34 heavy (non-hydrogen) atoms. The van der Waals surface area contributed by atoms with Gasteiger partial charge in [-0.05, 0) is 54.3 Å². The molecule has 2 saturated heterocycles. The number of carbonyl (C=O) groups excluding carboxylic acids is 2. The summed E-state index contributed by atoms with van der Waals surface area (Å²) in [5.41, 5.74) is 0. The zero-order valence-corrected chi connectivity index (χ0v) is 21.0. The number of sulfone groups is 1. The predicted octanol–water partition coefficient (Wildman–Crippen LogP) is 1.41. The van der Waals surface area contributed by atoms with Gasteiger partial charge in [-0.2, -0.15) is 4.72 Å². The number of carbonyl (C=O) groups is 2. The number of nitrogens with zero attached hydrogens (tertiary/aromatic N) is 2. The second-order valence-electron chi connectivity index (χ2n) is 8.81. The largest absolute Gasteiger partial charge is 0.340 e. The van der Waals surface area contributed by atoms with Gasteiger partial charge < -0.3 is 9.80 Å². The smallest absolute Gasteiger partial charge is 0.242 e. The van der Waals surface area contributed by atoms with Gasteiger partial charge >= 0.3 is 0 Å². The molecule has 2 unspecified atom stereocenters. The number of piperidine rings is 1. The molecule has 0 aromatic heterocycles. The van der Waals surface area contributed by atoms with Crippen LogP contribution in [0.25, 0.3) is 10.8 Å². The van der Waals surface area contributed by atoms with Crippen LogP contribution < -0.4 is 4.72 Å². The van der Waals surface area contributed by atoms with Crippen LogP contribution in [0.1, 0.15) is 19.3 Å². The first-order valence-electron chi connectivity index (χ1n) is 10.9. The van der Waals surface area contributed by atoms with Crippen molar-refractivity contribution < 1.29 is 26.4 Å². The molecule has 2 amide bonds. The highest BCUT2D eigenvalue weighted by atomic mass is 35.5. The number of sulfonamides is 1. The summed E-state index contributed by atoms with van der Waals surface area (Å²) in [6, 6.07) is 8.79. The molecule has 2 aromatic rings. The van der Waals surface area contributed by atoms with Crippen LogP contribution in [-0.2, 0) is 29.4 Å². The lowest BCUT2D eigenvalue weighted by atomic mass is 10.1. The Morgan fingerprint density at radius 2 is 1.76 bits per heavy atom. The van der Waals surface area contributed by atoms with Gasteiger partial charge in [-0.1, -0.05) is 23.7 Å². The third-order valence-electron chi connectivity index (χ3n) is 6.34. The Labute approximate surface area is 204 Å². The number of fused-ring (bicyclic) bond motifs is 1. The average Bonchev–Trinajstić information content (AvgIpc) is 3.27. The fourth-order valence-electron chi connectivity index (χ4n) is 4.39. The molecule has 2 atom stereocenters. The molecule has 2 fully saturated rings. The number of halogens is 1. The minimum Gasteiger partial charge on any atom is -0.340 e. The first-order valence-corrected chi connectivity index (χ1v) is 14.7. The number of hydrogen-bond acceptors (Lipinski definition) is 6. The molecule has 12 heteroatoms. The molecule has 0 saturated carbocycles. The second kappa shape index (κ2) is 9.44. The van der Waals surface area contributed by atoms with Crippen LogP contribution in [0, 0.1) is 0 Å². The van der Waals surface area contributed by atoms with Gasteiger partial charge in [-0.25, -0.2) is 16.8 Å². The molecule has 2 heterocycles. The fraction of sp³-hybridized carbons (Fsp3) is 0.455. The standard InChI is InChI=1S/C22H26ClN3O6S2/c1-33(29,30)19-8-10-25(13-19)21(27)14-26-9-2-3-20(22(26)28)24-34(31,32)18-7-5-15-11-17(23)6-4-16(15)12-18/h4-7,11-12,19-20,24H,2-3,8-10,13-14H2,1H3. The lowest BCUT2D eigenvalue weighted by Gasteiger charge is -2.33. The van der Waals surface area contributed by atoms with Crippen LogP contribution >= 0.6 is 11.6 Å². The molecular weight excluding hydrogens is 502 g/mol. The van der Waals surface area contributed by atoms with Crippen molar-refractivity contribution in [3.8, 4) is 0 Å². The third kappa shape index (κ3) is 5.37. The molecule has 0 spiro atoms. The molecule has 2 aliphatic heterocycles. The predicted molar refractivity (Wildman–Crippen MR) is 129 cm³/mol. The number of rotatable bonds is 6. The summed E-state index contributed by atoms with van der Waals surface area (Å²) in [7, 11) is -7.22. The van der Waals surface area contributed by atoms with E-state index >= 15 is 0 Å². The zero-order valence-electron chi connectivity index (χ0n) is 18.6. The van der Waals surface area contributed by atoms with Gasteiger partial charge in [-0.3, -0.25) is 9.59 Å². The molecule has 2 aromatic carbocycles. The van der Waals surface area contributed by atoms with Gasteiger partial charge in [0.2, 0.25) is 21.8 Å². The van der Waals surface area contributed by atoms with E-state index in [1.54, 1.807) is 24.3 Å². The Kier molecular flexibility index (Phi) is 6.92. The van der Waals surface area contributed by atoms with Crippen molar-refractivity contribution in [2.24, 2.45) is 0 Å². The normalized spacial score (nSPS) is 21.9. The number of benzene rings is 2. The van der Waals surface area contributed by atoms with Gasteiger partial charge in [-0.15, -0.1) is 0 Å². The summed E-state index contributed by atoms with van der Waals surface area (Å²) >= 11 is 5.98. The number of nitrogens with one attached hydrogen (secondary N) is 1. The van der Waals surface area contributed by atoms with E-state index in [0.29, 0.717) is 42.8 Å². The van der Waals surface area contributed by atoms with E-state index in [-0.39, 0.29) is 23.9 Å². The number of hydrogen-bond donors (Lipinski definition) is 1. The van der Waals surface area contributed by atoms with E-state index in [2.05, 4.69) is 4.72 Å². The molecule has 1 N–H and O–H groups in total. The summed E-state index contributed by atoms with van der Waals surface area (Å²) in [5, 5.41) is 1.45. The van der Waals surface area contributed by atoms with Crippen LogP contribution in [0.3, 0.4) is 0 Å². The molecule has 0 bridgehead atoms. The van der Waals surface area contributed by atoms with Crippen LogP contribution in [-0.4, -0.2) is 82.2 Å². The highest BCUT2D eigenvalue weighted by molar-refractivity contribution is 7.91. The first kappa shape index (κ1) is 24.9. The van der Waals surface area contributed by atoms with Crippen LogP contribution in [0.5, 0.6) is 0 Å². The molecule has 2 aliphatic rings. The van der Waals surface area contributed by atoms with Gasteiger partial charge in [0.05, 0.1) is 16.7 Å². The molecule has 0 radical (unpaired) electrons. The summed E-state index contributed by atoms with van der Waals surface area (Å²) < 4.78 is 52.0. The van der Waals surface area contributed by atoms with Crippen molar-refractivity contribution in [1.82, 2.24) is 14.5 Å². The minimum absolute atomic E-state index is 0.0344. The maximum absolute atomic E-state index is 13.0. The third-order valence-corrected chi connectivity index (χ3v) is 9.64. The van der Waals surface area contributed by atoms with Crippen LogP contribution in [0.4, 0.5) is 0 Å². The van der Waals surface area contributed by atoms with Gasteiger partial charge in [0.15, 0.2) is 9.84 Å². The van der Waals surface area contributed by atoms with Crippen molar-refractivity contribution in [2.45, 2.75) is 35.4 Å². The highest BCUT2D eigenvalue weighted by Gasteiger charge is 2.36. The van der Waals surface area contributed by atoms with Crippen molar-refractivity contribution in [1.29, 1.82) is 0 Å². The van der Waals surface area contributed by atoms with Gasteiger partial charge in [0.25, 0.3) is 0 Å². The fourth-order valence-corrected chi connectivity index (χ4v) is 6.81. The monoisotopic (exact) mass is 527 g/mol. The quantitative estimate of drug-likeness (QED) is 0.606.